The summed E-state index contributed by atoms with van der Waals surface area (Å²) < 4.78 is 13.3. The molecule has 0 aliphatic carbocycles. The Bertz CT molecular complexity index is 509. The van der Waals surface area contributed by atoms with Crippen LogP contribution in [0.25, 0.3) is 0 Å². The number of carbonyl (C=O) groups excluding carboxylic acids is 2. The van der Waals surface area contributed by atoms with Crippen molar-refractivity contribution in [3.05, 3.63) is 29.6 Å². The molecule has 0 unspecified atom stereocenters. The minimum Gasteiger partial charge on any atom is -0.366 e. The Morgan fingerprint density at radius 1 is 1.32 bits per heavy atom. The van der Waals surface area contributed by atoms with E-state index in [0.29, 0.717) is 0 Å². The number of hydrogen-bond acceptors (Lipinski definition) is 3. The molecule has 1 atom stereocenters. The Morgan fingerprint density at radius 2 is 1.89 bits per heavy atom. The highest BCUT2D eigenvalue weighted by Gasteiger charge is 2.27. The van der Waals surface area contributed by atoms with Crippen LogP contribution in [0.2, 0.25) is 0 Å². The number of halogens is 1. The fourth-order valence-corrected chi connectivity index (χ4v) is 1.41. The second-order valence-corrected chi connectivity index (χ2v) is 5.39. The number of nitrogens with one attached hydrogen (secondary N) is 1. The van der Waals surface area contributed by atoms with Crippen LogP contribution < -0.4 is 16.8 Å². The van der Waals surface area contributed by atoms with Crippen molar-refractivity contribution in [3.8, 4) is 0 Å². The van der Waals surface area contributed by atoms with Crippen molar-refractivity contribution < 1.29 is 14.0 Å². The lowest BCUT2D eigenvalue weighted by Crippen LogP contribution is -2.45. The van der Waals surface area contributed by atoms with Crippen molar-refractivity contribution in [1.82, 2.24) is 0 Å². The van der Waals surface area contributed by atoms with Gasteiger partial charge in [-0.05, 0) is 23.6 Å². The van der Waals surface area contributed by atoms with Gasteiger partial charge in [0.15, 0.2) is 0 Å². The second kappa shape index (κ2) is 5.36. The zero-order valence-corrected chi connectivity index (χ0v) is 11.2. The van der Waals surface area contributed by atoms with E-state index < -0.39 is 29.1 Å². The van der Waals surface area contributed by atoms with Crippen LogP contribution in [0.5, 0.6) is 0 Å². The number of anilines is 1. The molecule has 19 heavy (non-hydrogen) atoms. The maximum atomic E-state index is 13.3. The third-order valence-electron chi connectivity index (χ3n) is 2.71. The van der Waals surface area contributed by atoms with Gasteiger partial charge in [0.1, 0.15) is 5.82 Å². The number of hydrogen-bond donors (Lipinski definition) is 3. The van der Waals surface area contributed by atoms with Crippen molar-refractivity contribution in [1.29, 1.82) is 0 Å². The number of rotatable bonds is 3. The molecule has 0 heterocycles. The molecular weight excluding hydrogens is 249 g/mol. The molecule has 0 fully saturated rings. The fraction of sp³-hybridized carbons (Fsp3) is 0.385. The Labute approximate surface area is 111 Å². The largest absolute Gasteiger partial charge is 0.366 e. The molecule has 0 radical (unpaired) electrons. The summed E-state index contributed by atoms with van der Waals surface area (Å²) in [5, 5.41) is 2.53. The predicted molar refractivity (Wildman–Crippen MR) is 71.0 cm³/mol. The van der Waals surface area contributed by atoms with Gasteiger partial charge in [-0.3, -0.25) is 9.59 Å². The number of benzene rings is 1. The molecule has 6 heteroatoms. The van der Waals surface area contributed by atoms with Crippen LogP contribution in [-0.2, 0) is 4.79 Å². The van der Waals surface area contributed by atoms with Crippen molar-refractivity contribution in [2.75, 3.05) is 5.32 Å². The first-order chi connectivity index (χ1) is 8.62. The van der Waals surface area contributed by atoms with E-state index >= 15 is 0 Å². The van der Waals surface area contributed by atoms with E-state index in [2.05, 4.69) is 5.32 Å². The summed E-state index contributed by atoms with van der Waals surface area (Å²) in [6.07, 6.45) is 0. The van der Waals surface area contributed by atoms with Crippen LogP contribution in [0, 0.1) is 11.2 Å². The summed E-state index contributed by atoms with van der Waals surface area (Å²) in [6, 6.07) is 2.87. The Kier molecular flexibility index (Phi) is 4.26. The first kappa shape index (κ1) is 15.1. The van der Waals surface area contributed by atoms with Crippen LogP contribution in [0.4, 0.5) is 10.1 Å². The predicted octanol–water partition coefficient (Wildman–Crippen LogP) is 1.24. The number of primary amides is 1. The number of amides is 2. The van der Waals surface area contributed by atoms with E-state index in [0.717, 1.165) is 6.07 Å². The standard InChI is InChI=1S/C13H18FN3O2/c1-13(2,3)10(15)12(19)17-7-4-5-9(14)8(6-7)11(16)18/h4-6,10H,15H2,1-3H3,(H2,16,18)(H,17,19)/t10-/m1/s1. The summed E-state index contributed by atoms with van der Waals surface area (Å²) in [6.45, 7) is 5.49. The van der Waals surface area contributed by atoms with Crippen LogP contribution in [0.3, 0.4) is 0 Å². The maximum Gasteiger partial charge on any atom is 0.251 e. The summed E-state index contributed by atoms with van der Waals surface area (Å²) in [4.78, 5) is 22.9. The van der Waals surface area contributed by atoms with Gasteiger partial charge in [-0.1, -0.05) is 20.8 Å². The minimum absolute atomic E-state index is 0.276. The molecule has 0 spiro atoms. The minimum atomic E-state index is -0.895. The van der Waals surface area contributed by atoms with E-state index in [-0.39, 0.29) is 11.3 Å². The van der Waals surface area contributed by atoms with Crippen LogP contribution >= 0.6 is 0 Å². The number of nitrogens with two attached hydrogens (primary N) is 2. The molecule has 0 saturated carbocycles. The smallest absolute Gasteiger partial charge is 0.251 e. The van der Waals surface area contributed by atoms with Crippen LogP contribution in [0.1, 0.15) is 31.1 Å². The zero-order valence-electron chi connectivity index (χ0n) is 11.2. The average molecular weight is 267 g/mol. The summed E-state index contributed by atoms with van der Waals surface area (Å²) in [7, 11) is 0. The molecule has 1 rings (SSSR count). The van der Waals surface area contributed by atoms with Gasteiger partial charge < -0.3 is 16.8 Å². The van der Waals surface area contributed by atoms with Crippen LogP contribution in [0.15, 0.2) is 18.2 Å². The lowest BCUT2D eigenvalue weighted by molar-refractivity contribution is -0.119. The second-order valence-electron chi connectivity index (χ2n) is 5.39. The molecule has 0 aliphatic heterocycles. The molecule has 0 aliphatic rings. The third kappa shape index (κ3) is 3.75. The van der Waals surface area contributed by atoms with Gasteiger partial charge in [0.2, 0.25) is 5.91 Å². The van der Waals surface area contributed by atoms with Gasteiger partial charge in [-0.15, -0.1) is 0 Å². The van der Waals surface area contributed by atoms with Crippen LogP contribution in [-0.4, -0.2) is 17.9 Å². The average Bonchev–Trinajstić information content (AvgIpc) is 2.29. The molecule has 1 aromatic carbocycles. The summed E-state index contributed by atoms with van der Waals surface area (Å²) in [5.74, 6) is -2.03. The normalized spacial score (nSPS) is 12.9. The van der Waals surface area contributed by atoms with Gasteiger partial charge in [-0.25, -0.2) is 4.39 Å². The molecule has 2 amide bonds. The Hall–Kier alpha value is -1.95. The van der Waals surface area contributed by atoms with Crippen molar-refractivity contribution in [3.63, 3.8) is 0 Å². The zero-order chi connectivity index (χ0) is 14.8. The molecule has 104 valence electrons. The topological polar surface area (TPSA) is 98.2 Å². The molecule has 5 nitrogen and oxygen atoms in total. The maximum absolute atomic E-state index is 13.3. The third-order valence-corrected chi connectivity index (χ3v) is 2.71. The van der Waals surface area contributed by atoms with E-state index in [4.69, 9.17) is 11.5 Å². The Morgan fingerprint density at radius 3 is 2.37 bits per heavy atom. The molecule has 0 saturated heterocycles. The van der Waals surface area contributed by atoms with E-state index in [1.54, 1.807) is 0 Å². The van der Waals surface area contributed by atoms with Crippen molar-refractivity contribution in [2.24, 2.45) is 16.9 Å². The SMILES string of the molecule is CC(C)(C)[C@H](N)C(=O)Nc1ccc(F)c(C(N)=O)c1. The molecular formula is C13H18FN3O2. The van der Waals surface area contributed by atoms with Gasteiger partial charge in [0, 0.05) is 5.69 Å². The highest BCUT2D eigenvalue weighted by atomic mass is 19.1. The highest BCUT2D eigenvalue weighted by Crippen LogP contribution is 2.20. The Balaban J connectivity index is 2.92. The van der Waals surface area contributed by atoms with E-state index in [9.17, 15) is 14.0 Å². The first-order valence-electron chi connectivity index (χ1n) is 5.78. The molecule has 0 bridgehead atoms. The summed E-state index contributed by atoms with van der Waals surface area (Å²) >= 11 is 0. The summed E-state index contributed by atoms with van der Waals surface area (Å²) in [5.41, 5.74) is 10.4. The van der Waals surface area contributed by atoms with Crippen molar-refractivity contribution >= 4 is 17.5 Å². The lowest BCUT2D eigenvalue weighted by Gasteiger charge is -2.25. The lowest BCUT2D eigenvalue weighted by atomic mass is 9.87. The van der Waals surface area contributed by atoms with Gasteiger partial charge in [-0.2, -0.15) is 0 Å². The molecule has 5 N–H and O–H groups in total. The quantitative estimate of drug-likeness (QED) is 0.768. The van der Waals surface area contributed by atoms with Gasteiger partial charge >= 0.3 is 0 Å². The first-order valence-corrected chi connectivity index (χ1v) is 5.78. The fourth-order valence-electron chi connectivity index (χ4n) is 1.41. The van der Waals surface area contributed by atoms with Gasteiger partial charge in [0.25, 0.3) is 5.91 Å². The number of carbonyl (C=O) groups is 2. The van der Waals surface area contributed by atoms with Gasteiger partial charge in [0.05, 0.1) is 11.6 Å². The molecule has 1 aromatic rings. The van der Waals surface area contributed by atoms with E-state index in [1.807, 2.05) is 20.8 Å². The van der Waals surface area contributed by atoms with Crippen molar-refractivity contribution in [2.45, 2.75) is 26.8 Å². The monoisotopic (exact) mass is 267 g/mol. The van der Waals surface area contributed by atoms with E-state index in [1.165, 1.54) is 12.1 Å². The highest BCUT2D eigenvalue weighted by molar-refractivity contribution is 5.98. The molecule has 0 aromatic heterocycles.